The average molecular weight is 584 g/mol. The Morgan fingerprint density at radius 3 is 2.45 bits per heavy atom. The van der Waals surface area contributed by atoms with Crippen LogP contribution in [0.2, 0.25) is 0 Å². The first-order valence-corrected chi connectivity index (χ1v) is 12.8. The number of benzene rings is 3. The summed E-state index contributed by atoms with van der Waals surface area (Å²) in [5, 5.41) is 6.83. The van der Waals surface area contributed by atoms with Crippen LogP contribution in [0.15, 0.2) is 70.2 Å². The van der Waals surface area contributed by atoms with E-state index in [1.165, 1.54) is 13.3 Å². The first-order valence-electron chi connectivity index (χ1n) is 12.0. The normalized spacial score (nSPS) is 10.6. The fourth-order valence-electron chi connectivity index (χ4n) is 3.29. The minimum absolute atomic E-state index is 0.206. The molecule has 0 saturated heterocycles. The maximum Gasteiger partial charge on any atom is 0.271 e. The van der Waals surface area contributed by atoms with Gasteiger partial charge in [-0.05, 0) is 77.3 Å². The van der Waals surface area contributed by atoms with Crippen molar-refractivity contribution in [2.24, 2.45) is 5.10 Å². The van der Waals surface area contributed by atoms with E-state index in [-0.39, 0.29) is 12.5 Å². The molecule has 3 aromatic rings. The van der Waals surface area contributed by atoms with E-state index >= 15 is 0 Å². The lowest BCUT2D eigenvalue weighted by Crippen LogP contribution is -2.20. The molecule has 0 aliphatic heterocycles. The Balaban J connectivity index is 1.65. The number of hydrazone groups is 1. The van der Waals surface area contributed by atoms with E-state index < -0.39 is 5.91 Å². The van der Waals surface area contributed by atoms with Gasteiger partial charge < -0.3 is 24.3 Å². The highest BCUT2D eigenvalue weighted by Gasteiger charge is 2.15. The first-order chi connectivity index (χ1) is 18.4. The number of hydrogen-bond acceptors (Lipinski definition) is 7. The maximum absolute atomic E-state index is 12.6. The quantitative estimate of drug-likeness (QED) is 0.205. The third-order valence-corrected chi connectivity index (χ3v) is 5.59. The standard InChI is InChI=1S/C28H30BrN3O6/c1-4-13-37-23-12-11-20(16-24(23)35-3)28(34)32-30-17-19-14-22(29)27(25(15-19)36-5-2)38-18-26(33)31-21-9-7-6-8-10-21/h6-12,14-17H,4-5,13,18H2,1-3H3,(H,31,33)(H,32,34)/b30-17+. The third kappa shape index (κ3) is 8.24. The van der Waals surface area contributed by atoms with Crippen molar-refractivity contribution in [2.75, 3.05) is 32.2 Å². The van der Waals surface area contributed by atoms with Gasteiger partial charge in [-0.3, -0.25) is 9.59 Å². The lowest BCUT2D eigenvalue weighted by atomic mass is 10.2. The molecule has 0 radical (unpaired) electrons. The van der Waals surface area contributed by atoms with Gasteiger partial charge in [0.25, 0.3) is 11.8 Å². The first kappa shape index (κ1) is 28.5. The van der Waals surface area contributed by atoms with Crippen LogP contribution in [-0.2, 0) is 4.79 Å². The van der Waals surface area contributed by atoms with Crippen LogP contribution in [0.3, 0.4) is 0 Å². The summed E-state index contributed by atoms with van der Waals surface area (Å²) in [5.41, 5.74) is 4.20. The summed E-state index contributed by atoms with van der Waals surface area (Å²) in [6, 6.07) is 17.5. The zero-order chi connectivity index (χ0) is 27.3. The van der Waals surface area contributed by atoms with Gasteiger partial charge in [-0.2, -0.15) is 5.10 Å². The SMILES string of the molecule is CCCOc1ccc(C(=O)N/N=C/c2cc(Br)c(OCC(=O)Nc3ccccc3)c(OCC)c2)cc1OC. The molecule has 0 bridgehead atoms. The maximum atomic E-state index is 12.6. The molecule has 0 saturated carbocycles. The van der Waals surface area contributed by atoms with Crippen molar-refractivity contribution in [3.8, 4) is 23.0 Å². The number of hydrogen-bond donors (Lipinski definition) is 2. The van der Waals surface area contributed by atoms with E-state index in [4.69, 9.17) is 18.9 Å². The number of anilines is 1. The molecule has 0 spiro atoms. The lowest BCUT2D eigenvalue weighted by Gasteiger charge is -2.14. The van der Waals surface area contributed by atoms with Crippen molar-refractivity contribution < 1.29 is 28.5 Å². The second kappa shape index (κ2) is 14.6. The van der Waals surface area contributed by atoms with E-state index in [2.05, 4.69) is 31.8 Å². The number of carbonyl (C=O) groups excluding carboxylic acids is 2. The van der Waals surface area contributed by atoms with Crippen molar-refractivity contribution in [1.82, 2.24) is 5.43 Å². The summed E-state index contributed by atoms with van der Waals surface area (Å²) in [5.74, 6) is 1.13. The van der Waals surface area contributed by atoms with Crippen molar-refractivity contribution in [2.45, 2.75) is 20.3 Å². The summed E-state index contributed by atoms with van der Waals surface area (Å²) >= 11 is 3.47. The Morgan fingerprint density at radius 1 is 0.947 bits per heavy atom. The number of carbonyl (C=O) groups is 2. The Morgan fingerprint density at radius 2 is 1.74 bits per heavy atom. The number of para-hydroxylation sites is 1. The number of ether oxygens (including phenoxy) is 4. The molecular weight excluding hydrogens is 554 g/mol. The van der Waals surface area contributed by atoms with Crippen LogP contribution in [0.5, 0.6) is 23.0 Å². The average Bonchev–Trinajstić information content (AvgIpc) is 2.92. The number of nitrogens with one attached hydrogen (secondary N) is 2. The molecule has 0 fully saturated rings. The molecule has 0 heterocycles. The largest absolute Gasteiger partial charge is 0.493 e. The smallest absolute Gasteiger partial charge is 0.271 e. The Hall–Kier alpha value is -4.05. The van der Waals surface area contributed by atoms with E-state index in [1.807, 2.05) is 32.0 Å². The van der Waals surface area contributed by atoms with Crippen molar-refractivity contribution in [3.05, 3.63) is 76.3 Å². The molecule has 0 aliphatic rings. The molecule has 38 heavy (non-hydrogen) atoms. The molecule has 2 amide bonds. The number of amides is 2. The predicted octanol–water partition coefficient (Wildman–Crippen LogP) is 5.43. The Bertz CT molecular complexity index is 1270. The Kier molecular flexibility index (Phi) is 11.0. The van der Waals surface area contributed by atoms with Crippen LogP contribution in [0.4, 0.5) is 5.69 Å². The minimum atomic E-state index is -0.407. The van der Waals surface area contributed by atoms with Crippen LogP contribution in [0.1, 0.15) is 36.2 Å². The molecule has 3 rings (SSSR count). The number of nitrogens with zero attached hydrogens (tertiary/aromatic N) is 1. The predicted molar refractivity (Wildman–Crippen MR) is 150 cm³/mol. The summed E-state index contributed by atoms with van der Waals surface area (Å²) in [6.45, 7) is 4.58. The molecule has 0 aliphatic carbocycles. The topological polar surface area (TPSA) is 107 Å². The molecule has 200 valence electrons. The lowest BCUT2D eigenvalue weighted by molar-refractivity contribution is -0.118. The zero-order valence-electron chi connectivity index (χ0n) is 21.5. The van der Waals surface area contributed by atoms with E-state index in [9.17, 15) is 9.59 Å². The van der Waals surface area contributed by atoms with Gasteiger partial charge in [0.2, 0.25) is 0 Å². The summed E-state index contributed by atoms with van der Waals surface area (Å²) in [7, 11) is 1.52. The van der Waals surface area contributed by atoms with Crippen LogP contribution in [-0.4, -0.2) is 45.0 Å². The number of methoxy groups -OCH3 is 1. The van der Waals surface area contributed by atoms with E-state index in [1.54, 1.807) is 42.5 Å². The van der Waals surface area contributed by atoms with Gasteiger partial charge in [-0.25, -0.2) is 5.43 Å². The van der Waals surface area contributed by atoms with Gasteiger partial charge in [0.05, 0.1) is 31.0 Å². The van der Waals surface area contributed by atoms with Gasteiger partial charge >= 0.3 is 0 Å². The number of rotatable bonds is 13. The van der Waals surface area contributed by atoms with Gasteiger partial charge in [-0.1, -0.05) is 25.1 Å². The molecule has 10 heteroatoms. The second-order valence-corrected chi connectivity index (χ2v) is 8.73. The zero-order valence-corrected chi connectivity index (χ0v) is 23.0. The van der Waals surface area contributed by atoms with Gasteiger partial charge in [-0.15, -0.1) is 0 Å². The molecular formula is C28H30BrN3O6. The molecule has 0 atom stereocenters. The minimum Gasteiger partial charge on any atom is -0.493 e. The van der Waals surface area contributed by atoms with E-state index in [0.717, 1.165) is 6.42 Å². The Labute approximate surface area is 230 Å². The second-order valence-electron chi connectivity index (χ2n) is 7.88. The van der Waals surface area contributed by atoms with Gasteiger partial charge in [0, 0.05) is 11.3 Å². The highest BCUT2D eigenvalue weighted by Crippen LogP contribution is 2.36. The molecule has 0 aromatic heterocycles. The van der Waals surface area contributed by atoms with Crippen LogP contribution in [0, 0.1) is 0 Å². The fourth-order valence-corrected chi connectivity index (χ4v) is 3.87. The van der Waals surface area contributed by atoms with Crippen LogP contribution >= 0.6 is 15.9 Å². The summed E-state index contributed by atoms with van der Waals surface area (Å²) < 4.78 is 23.0. The molecule has 3 aromatic carbocycles. The fraction of sp³-hybridized carbons (Fsp3) is 0.250. The highest BCUT2D eigenvalue weighted by molar-refractivity contribution is 9.10. The van der Waals surface area contributed by atoms with Crippen molar-refractivity contribution >= 4 is 39.6 Å². The third-order valence-electron chi connectivity index (χ3n) is 5.00. The summed E-state index contributed by atoms with van der Waals surface area (Å²) in [4.78, 5) is 24.9. The molecule has 2 N–H and O–H groups in total. The summed E-state index contributed by atoms with van der Waals surface area (Å²) in [6.07, 6.45) is 2.34. The van der Waals surface area contributed by atoms with Gasteiger partial charge in [0.1, 0.15) is 0 Å². The number of halogens is 1. The van der Waals surface area contributed by atoms with E-state index in [0.29, 0.717) is 57.5 Å². The van der Waals surface area contributed by atoms with Gasteiger partial charge in [0.15, 0.2) is 29.6 Å². The molecule has 9 nitrogen and oxygen atoms in total. The van der Waals surface area contributed by atoms with Crippen LogP contribution < -0.4 is 29.7 Å². The van der Waals surface area contributed by atoms with Crippen molar-refractivity contribution in [1.29, 1.82) is 0 Å². The highest BCUT2D eigenvalue weighted by atomic mass is 79.9. The molecule has 0 unspecified atom stereocenters. The monoisotopic (exact) mass is 583 g/mol. The van der Waals surface area contributed by atoms with Crippen molar-refractivity contribution in [3.63, 3.8) is 0 Å². The van der Waals surface area contributed by atoms with Crippen LogP contribution in [0.25, 0.3) is 0 Å².